The molecule has 2 rings (SSSR count). The number of ether oxygens (including phenoxy) is 1. The summed E-state index contributed by atoms with van der Waals surface area (Å²) < 4.78 is 5.15. The Morgan fingerprint density at radius 1 is 1.04 bits per heavy atom. The summed E-state index contributed by atoms with van der Waals surface area (Å²) in [5.74, 6) is -0.405. The van der Waals surface area contributed by atoms with Gasteiger partial charge >= 0.3 is 5.97 Å². The standard InChI is InChI=1S/C21H26N2O3/c1-4-23(14-17-8-6-5-7-9-17)15-20(24)22-19-12-10-18(11-13-19)21(25)26-16(2)3/h5-13,16H,4,14-15H2,1-3H3,(H,22,24)/p+1. The van der Waals surface area contributed by atoms with Crippen molar-refractivity contribution in [2.24, 2.45) is 0 Å². The van der Waals surface area contributed by atoms with Gasteiger partial charge in [-0.25, -0.2) is 4.79 Å². The van der Waals surface area contributed by atoms with Crippen molar-refractivity contribution in [3.8, 4) is 0 Å². The van der Waals surface area contributed by atoms with Crippen molar-refractivity contribution >= 4 is 17.6 Å². The van der Waals surface area contributed by atoms with Crippen LogP contribution >= 0.6 is 0 Å². The van der Waals surface area contributed by atoms with Crippen molar-refractivity contribution in [3.63, 3.8) is 0 Å². The van der Waals surface area contributed by atoms with Crippen molar-refractivity contribution in [2.45, 2.75) is 33.4 Å². The van der Waals surface area contributed by atoms with Crippen LogP contribution in [0.4, 0.5) is 5.69 Å². The minimum absolute atomic E-state index is 0.0460. The molecule has 0 radical (unpaired) electrons. The third-order valence-electron chi connectivity index (χ3n) is 3.95. The number of anilines is 1. The Morgan fingerprint density at radius 3 is 2.27 bits per heavy atom. The quantitative estimate of drug-likeness (QED) is 0.715. The molecule has 2 aromatic carbocycles. The average Bonchev–Trinajstić information content (AvgIpc) is 2.62. The number of rotatable bonds is 8. The lowest BCUT2D eigenvalue weighted by Gasteiger charge is -2.17. The van der Waals surface area contributed by atoms with E-state index in [0.717, 1.165) is 13.1 Å². The minimum atomic E-state index is -0.359. The maximum atomic E-state index is 12.3. The number of carbonyl (C=O) groups is 2. The van der Waals surface area contributed by atoms with E-state index in [0.29, 0.717) is 17.8 Å². The zero-order valence-corrected chi connectivity index (χ0v) is 15.6. The van der Waals surface area contributed by atoms with Gasteiger partial charge in [0.1, 0.15) is 6.54 Å². The third-order valence-corrected chi connectivity index (χ3v) is 3.95. The second kappa shape index (κ2) is 9.73. The van der Waals surface area contributed by atoms with Crippen molar-refractivity contribution in [1.82, 2.24) is 0 Å². The molecule has 2 aromatic rings. The monoisotopic (exact) mass is 355 g/mol. The Morgan fingerprint density at radius 2 is 1.69 bits per heavy atom. The molecule has 0 aliphatic heterocycles. The van der Waals surface area contributed by atoms with Gasteiger partial charge in [0.25, 0.3) is 5.91 Å². The molecular weight excluding hydrogens is 328 g/mol. The molecular formula is C21H27N2O3+. The fourth-order valence-electron chi connectivity index (χ4n) is 2.60. The van der Waals surface area contributed by atoms with E-state index in [1.807, 2.05) is 32.0 Å². The normalized spacial score (nSPS) is 11.8. The van der Waals surface area contributed by atoms with Crippen LogP contribution in [0.3, 0.4) is 0 Å². The van der Waals surface area contributed by atoms with Gasteiger partial charge < -0.3 is 15.0 Å². The van der Waals surface area contributed by atoms with Gasteiger partial charge in [-0.1, -0.05) is 30.3 Å². The van der Waals surface area contributed by atoms with Crippen LogP contribution in [-0.2, 0) is 16.1 Å². The molecule has 0 aliphatic rings. The molecule has 0 heterocycles. The molecule has 0 fully saturated rings. The van der Waals surface area contributed by atoms with Crippen molar-refractivity contribution < 1.29 is 19.2 Å². The lowest BCUT2D eigenvalue weighted by Crippen LogP contribution is -3.11. The molecule has 2 N–H and O–H groups in total. The first kappa shape index (κ1) is 19.7. The second-order valence-electron chi connectivity index (χ2n) is 6.52. The van der Waals surface area contributed by atoms with Gasteiger partial charge in [-0.15, -0.1) is 0 Å². The fraction of sp³-hybridized carbons (Fsp3) is 0.333. The highest BCUT2D eigenvalue weighted by Gasteiger charge is 2.14. The summed E-state index contributed by atoms with van der Waals surface area (Å²) in [5, 5.41) is 2.89. The van der Waals surface area contributed by atoms with Crippen LogP contribution in [0, 0.1) is 0 Å². The van der Waals surface area contributed by atoms with Gasteiger partial charge in [0, 0.05) is 11.3 Å². The number of likely N-dealkylation sites (N-methyl/N-ethyl adjacent to an activating group) is 1. The Labute approximate surface area is 155 Å². The number of quaternary nitrogens is 1. The SMILES string of the molecule is CC[NH+](CC(=O)Nc1ccc(C(=O)OC(C)C)cc1)Cc1ccccc1. The molecule has 5 heteroatoms. The van der Waals surface area contributed by atoms with E-state index in [1.54, 1.807) is 24.3 Å². The molecule has 26 heavy (non-hydrogen) atoms. The highest BCUT2D eigenvalue weighted by atomic mass is 16.5. The largest absolute Gasteiger partial charge is 0.459 e. The Kier molecular flexibility index (Phi) is 7.36. The number of hydrogen-bond acceptors (Lipinski definition) is 3. The lowest BCUT2D eigenvalue weighted by molar-refractivity contribution is -0.903. The molecule has 1 amide bonds. The first-order valence-corrected chi connectivity index (χ1v) is 8.96. The van der Waals surface area contributed by atoms with Crippen LogP contribution in [0.15, 0.2) is 54.6 Å². The Balaban J connectivity index is 1.89. The Bertz CT molecular complexity index is 712. The Hall–Kier alpha value is -2.66. The van der Waals surface area contributed by atoms with Crippen molar-refractivity contribution in [2.75, 3.05) is 18.4 Å². The summed E-state index contributed by atoms with van der Waals surface area (Å²) >= 11 is 0. The highest BCUT2D eigenvalue weighted by Crippen LogP contribution is 2.11. The molecule has 0 saturated carbocycles. The van der Waals surface area contributed by atoms with Crippen molar-refractivity contribution in [3.05, 3.63) is 65.7 Å². The number of hydrogen-bond donors (Lipinski definition) is 2. The summed E-state index contributed by atoms with van der Waals surface area (Å²) in [5.41, 5.74) is 2.36. The number of benzene rings is 2. The van der Waals surface area contributed by atoms with Gasteiger partial charge in [-0.2, -0.15) is 0 Å². The number of esters is 1. The number of carbonyl (C=O) groups excluding carboxylic acids is 2. The van der Waals surface area contributed by atoms with E-state index < -0.39 is 0 Å². The van der Waals surface area contributed by atoms with Crippen LogP contribution in [0.2, 0.25) is 0 Å². The van der Waals surface area contributed by atoms with E-state index in [2.05, 4.69) is 24.4 Å². The van der Waals surface area contributed by atoms with Gasteiger partial charge in [-0.3, -0.25) is 4.79 Å². The van der Waals surface area contributed by atoms with Gasteiger partial charge in [0.05, 0.1) is 18.2 Å². The predicted molar refractivity (Wildman–Crippen MR) is 102 cm³/mol. The summed E-state index contributed by atoms with van der Waals surface area (Å²) in [6.07, 6.45) is -0.158. The fourth-order valence-corrected chi connectivity index (χ4v) is 2.60. The number of nitrogens with one attached hydrogen (secondary N) is 2. The van der Waals surface area contributed by atoms with E-state index in [4.69, 9.17) is 4.74 Å². The van der Waals surface area contributed by atoms with Gasteiger partial charge in [0.2, 0.25) is 0 Å². The van der Waals surface area contributed by atoms with Crippen LogP contribution in [0.25, 0.3) is 0 Å². The molecule has 5 nitrogen and oxygen atoms in total. The zero-order chi connectivity index (χ0) is 18.9. The zero-order valence-electron chi connectivity index (χ0n) is 15.6. The molecule has 1 atom stereocenters. The molecule has 0 spiro atoms. The smallest absolute Gasteiger partial charge is 0.338 e. The highest BCUT2D eigenvalue weighted by molar-refractivity contribution is 5.93. The van der Waals surface area contributed by atoms with E-state index in [9.17, 15) is 9.59 Å². The van der Waals surface area contributed by atoms with E-state index in [-0.39, 0.29) is 18.0 Å². The maximum Gasteiger partial charge on any atom is 0.338 e. The molecule has 0 bridgehead atoms. The first-order valence-electron chi connectivity index (χ1n) is 8.96. The van der Waals surface area contributed by atoms with Gasteiger partial charge in [-0.05, 0) is 45.0 Å². The summed E-state index contributed by atoms with van der Waals surface area (Å²) in [4.78, 5) is 25.3. The third kappa shape index (κ3) is 6.33. The van der Waals surface area contributed by atoms with E-state index >= 15 is 0 Å². The summed E-state index contributed by atoms with van der Waals surface area (Å²) in [7, 11) is 0. The topological polar surface area (TPSA) is 59.8 Å². The van der Waals surface area contributed by atoms with E-state index in [1.165, 1.54) is 10.5 Å². The van der Waals surface area contributed by atoms with Crippen LogP contribution in [-0.4, -0.2) is 31.1 Å². The van der Waals surface area contributed by atoms with Crippen molar-refractivity contribution in [1.29, 1.82) is 0 Å². The maximum absolute atomic E-state index is 12.3. The number of amides is 1. The van der Waals surface area contributed by atoms with Crippen LogP contribution in [0.1, 0.15) is 36.7 Å². The van der Waals surface area contributed by atoms with Gasteiger partial charge in [0.15, 0.2) is 6.54 Å². The lowest BCUT2D eigenvalue weighted by atomic mass is 10.2. The second-order valence-corrected chi connectivity index (χ2v) is 6.52. The summed E-state index contributed by atoms with van der Waals surface area (Å²) in [6.45, 7) is 7.75. The first-order chi connectivity index (χ1) is 12.5. The van der Waals surface area contributed by atoms with Crippen LogP contribution < -0.4 is 10.2 Å². The molecule has 0 aromatic heterocycles. The molecule has 138 valence electrons. The predicted octanol–water partition coefficient (Wildman–Crippen LogP) is 2.30. The average molecular weight is 355 g/mol. The molecule has 0 aliphatic carbocycles. The molecule has 0 saturated heterocycles. The minimum Gasteiger partial charge on any atom is -0.459 e. The van der Waals surface area contributed by atoms with Crippen LogP contribution in [0.5, 0.6) is 0 Å². The summed E-state index contributed by atoms with van der Waals surface area (Å²) in [6, 6.07) is 16.9. The molecule has 1 unspecified atom stereocenters.